The Morgan fingerprint density at radius 2 is 1.64 bits per heavy atom. The summed E-state index contributed by atoms with van der Waals surface area (Å²) in [4.78, 5) is 0. The van der Waals surface area contributed by atoms with Crippen molar-refractivity contribution < 1.29 is 0 Å². The molecular weight excluding hydrogens is 360 g/mol. The molecule has 0 heterocycles. The summed E-state index contributed by atoms with van der Waals surface area (Å²) in [6, 6.07) is 16.3. The van der Waals surface area contributed by atoms with Crippen LogP contribution in [0.5, 0.6) is 0 Å². The minimum Gasteiger partial charge on any atom is -0.293 e. The van der Waals surface area contributed by atoms with Gasteiger partial charge < -0.3 is 0 Å². The molecule has 2 N–H and O–H groups in total. The second-order valence-corrected chi connectivity index (χ2v) is 7.75. The van der Waals surface area contributed by atoms with E-state index in [1.807, 2.05) is 42.5 Å². The number of thioether (sulfide) groups is 1. The maximum absolute atomic E-state index is 8.35. The Kier molecular flexibility index (Phi) is 6.13. The van der Waals surface area contributed by atoms with Gasteiger partial charge in [0.25, 0.3) is 0 Å². The Morgan fingerprint density at radius 1 is 1.04 bits per heavy atom. The number of allylic oxidation sites excluding steroid dienone is 4. The summed E-state index contributed by atoms with van der Waals surface area (Å²) in [5.74, 6) is 2.72. The van der Waals surface area contributed by atoms with E-state index < -0.39 is 0 Å². The molecule has 0 radical (unpaired) electrons. The molecule has 3 heteroatoms. The standard InChI is InChI=1S/C25H22N2S/c1-4-18(3)19-9-13-22(14-10-19)24(26)28-25(27)23-15-11-21(12-16-23)20-7-5-17(2)6-8-20/h1,5-9,11-16,19,26-27H,3,10H2,2H3. The first-order valence-corrected chi connectivity index (χ1v) is 9.86. The van der Waals surface area contributed by atoms with Crippen LogP contribution in [0.25, 0.3) is 11.1 Å². The van der Waals surface area contributed by atoms with E-state index in [0.717, 1.165) is 46.0 Å². The minimum absolute atomic E-state index is 0.139. The van der Waals surface area contributed by atoms with E-state index in [0.29, 0.717) is 10.1 Å². The Bertz CT molecular complexity index is 1020. The van der Waals surface area contributed by atoms with Crippen LogP contribution < -0.4 is 0 Å². The molecule has 0 fully saturated rings. The summed E-state index contributed by atoms with van der Waals surface area (Å²) in [5.41, 5.74) is 5.90. The van der Waals surface area contributed by atoms with Crippen molar-refractivity contribution in [3.05, 3.63) is 95.6 Å². The maximum atomic E-state index is 8.35. The van der Waals surface area contributed by atoms with E-state index in [-0.39, 0.29) is 5.92 Å². The molecule has 0 aliphatic heterocycles. The summed E-state index contributed by atoms with van der Waals surface area (Å²) in [6.45, 7) is 5.95. The fourth-order valence-electron chi connectivity index (χ4n) is 2.93. The van der Waals surface area contributed by atoms with Crippen LogP contribution in [0.1, 0.15) is 17.5 Å². The Balaban J connectivity index is 1.63. The van der Waals surface area contributed by atoms with Crippen molar-refractivity contribution in [2.24, 2.45) is 5.92 Å². The summed E-state index contributed by atoms with van der Waals surface area (Å²) in [6.07, 6.45) is 12.0. The van der Waals surface area contributed by atoms with Crippen LogP contribution in [0.4, 0.5) is 0 Å². The number of benzene rings is 2. The van der Waals surface area contributed by atoms with Gasteiger partial charge in [-0.25, -0.2) is 0 Å². The smallest absolute Gasteiger partial charge is 0.100 e. The van der Waals surface area contributed by atoms with Gasteiger partial charge >= 0.3 is 0 Å². The number of hydrogen-bond acceptors (Lipinski definition) is 3. The van der Waals surface area contributed by atoms with Gasteiger partial charge in [-0.05, 0) is 24.5 Å². The second-order valence-electron chi connectivity index (χ2n) is 6.73. The first kappa shape index (κ1) is 19.7. The van der Waals surface area contributed by atoms with Gasteiger partial charge in [-0.15, -0.1) is 6.42 Å². The molecule has 2 aromatic rings. The molecule has 1 aliphatic rings. The average Bonchev–Trinajstić information content (AvgIpc) is 2.74. The lowest BCUT2D eigenvalue weighted by molar-refractivity contribution is 0.793. The molecule has 28 heavy (non-hydrogen) atoms. The molecule has 0 spiro atoms. The van der Waals surface area contributed by atoms with E-state index in [2.05, 4.69) is 43.7 Å². The molecule has 138 valence electrons. The topological polar surface area (TPSA) is 47.7 Å². The van der Waals surface area contributed by atoms with Crippen LogP contribution in [0, 0.1) is 36.0 Å². The molecule has 1 aliphatic carbocycles. The molecular formula is C25H22N2S. The van der Waals surface area contributed by atoms with Gasteiger partial charge in [0.1, 0.15) is 10.1 Å². The quantitative estimate of drug-likeness (QED) is 0.359. The van der Waals surface area contributed by atoms with Crippen molar-refractivity contribution in [2.45, 2.75) is 13.3 Å². The highest BCUT2D eigenvalue weighted by atomic mass is 32.2. The number of aryl methyl sites for hydroxylation is 1. The Labute approximate surface area is 171 Å². The first-order valence-electron chi connectivity index (χ1n) is 9.04. The van der Waals surface area contributed by atoms with Crippen LogP contribution in [0.15, 0.2) is 84.5 Å². The largest absolute Gasteiger partial charge is 0.293 e. The summed E-state index contributed by atoms with van der Waals surface area (Å²) in [5, 5.41) is 17.4. The number of hydrogen-bond donors (Lipinski definition) is 2. The normalized spacial score (nSPS) is 15.4. The van der Waals surface area contributed by atoms with Crippen LogP contribution in [-0.4, -0.2) is 10.1 Å². The van der Waals surface area contributed by atoms with E-state index in [4.69, 9.17) is 17.2 Å². The third-order valence-corrected chi connectivity index (χ3v) is 5.61. The molecule has 2 nitrogen and oxygen atoms in total. The van der Waals surface area contributed by atoms with Crippen molar-refractivity contribution in [1.29, 1.82) is 10.8 Å². The van der Waals surface area contributed by atoms with Gasteiger partial charge in [0.05, 0.1) is 0 Å². The lowest BCUT2D eigenvalue weighted by atomic mass is 9.91. The van der Waals surface area contributed by atoms with Crippen LogP contribution in [0.3, 0.4) is 0 Å². The number of nitrogens with one attached hydrogen (secondary N) is 2. The maximum Gasteiger partial charge on any atom is 0.100 e. The Morgan fingerprint density at radius 3 is 2.18 bits per heavy atom. The van der Waals surface area contributed by atoms with Crippen molar-refractivity contribution in [1.82, 2.24) is 0 Å². The number of rotatable bonds is 4. The minimum atomic E-state index is 0.139. The number of terminal acetylenes is 1. The third-order valence-electron chi connectivity index (χ3n) is 4.73. The fraction of sp³-hybridized carbons (Fsp3) is 0.120. The Hall–Kier alpha value is -3.09. The molecule has 0 aromatic heterocycles. The van der Waals surface area contributed by atoms with Crippen LogP contribution in [0.2, 0.25) is 0 Å². The summed E-state index contributed by atoms with van der Waals surface area (Å²) < 4.78 is 0. The molecule has 3 rings (SSSR count). The van der Waals surface area contributed by atoms with Crippen molar-refractivity contribution in [3.8, 4) is 23.5 Å². The van der Waals surface area contributed by atoms with E-state index in [1.54, 1.807) is 0 Å². The summed E-state index contributed by atoms with van der Waals surface area (Å²) in [7, 11) is 0. The van der Waals surface area contributed by atoms with E-state index in [9.17, 15) is 0 Å². The molecule has 0 bridgehead atoms. The highest BCUT2D eigenvalue weighted by Gasteiger charge is 2.15. The van der Waals surface area contributed by atoms with Gasteiger partial charge in [-0.3, -0.25) is 10.8 Å². The third kappa shape index (κ3) is 4.60. The zero-order chi connectivity index (χ0) is 20.1. The lowest BCUT2D eigenvalue weighted by Gasteiger charge is -2.16. The molecule has 0 saturated heterocycles. The second kappa shape index (κ2) is 8.73. The van der Waals surface area contributed by atoms with Gasteiger partial charge in [-0.2, -0.15) is 0 Å². The molecule has 0 amide bonds. The zero-order valence-corrected chi connectivity index (χ0v) is 16.6. The van der Waals surface area contributed by atoms with Crippen LogP contribution in [-0.2, 0) is 0 Å². The highest BCUT2D eigenvalue weighted by Crippen LogP contribution is 2.27. The van der Waals surface area contributed by atoms with Gasteiger partial charge in [0, 0.05) is 22.6 Å². The SMILES string of the molecule is C#CC(=C)C1C=CC(C(=N)SC(=N)c2ccc(-c3ccc(C)cc3)cc2)=CC1. The van der Waals surface area contributed by atoms with E-state index in [1.165, 1.54) is 5.56 Å². The molecule has 0 saturated carbocycles. The van der Waals surface area contributed by atoms with Gasteiger partial charge in [0.2, 0.25) is 0 Å². The predicted molar refractivity (Wildman–Crippen MR) is 122 cm³/mol. The first-order chi connectivity index (χ1) is 13.5. The fourth-order valence-corrected chi connectivity index (χ4v) is 3.66. The van der Waals surface area contributed by atoms with Gasteiger partial charge in [0.15, 0.2) is 0 Å². The van der Waals surface area contributed by atoms with Gasteiger partial charge in [-0.1, -0.05) is 96.6 Å². The monoisotopic (exact) mass is 382 g/mol. The molecule has 1 atom stereocenters. The highest BCUT2D eigenvalue weighted by molar-refractivity contribution is 8.27. The van der Waals surface area contributed by atoms with Crippen LogP contribution >= 0.6 is 11.8 Å². The summed E-state index contributed by atoms with van der Waals surface area (Å²) >= 11 is 1.16. The van der Waals surface area contributed by atoms with Crippen molar-refractivity contribution >= 4 is 21.8 Å². The van der Waals surface area contributed by atoms with E-state index >= 15 is 0 Å². The average molecular weight is 383 g/mol. The molecule has 1 unspecified atom stereocenters. The van der Waals surface area contributed by atoms with Crippen molar-refractivity contribution in [3.63, 3.8) is 0 Å². The lowest BCUT2D eigenvalue weighted by Crippen LogP contribution is -2.07. The predicted octanol–water partition coefficient (Wildman–Crippen LogP) is 6.39. The van der Waals surface area contributed by atoms with Crippen molar-refractivity contribution in [2.75, 3.05) is 0 Å². The zero-order valence-electron chi connectivity index (χ0n) is 15.8. The molecule has 2 aromatic carbocycles.